The second-order valence-electron chi connectivity index (χ2n) is 8.50. The average Bonchev–Trinajstić information content (AvgIpc) is 3.29. The number of benzene rings is 1. The number of nitrogens with one attached hydrogen (secondary N) is 2. The maximum Gasteiger partial charge on any atom is 0.252 e. The Balaban J connectivity index is 1.47. The third kappa shape index (κ3) is 5.35. The van der Waals surface area contributed by atoms with Gasteiger partial charge in [-0.05, 0) is 64.5 Å². The van der Waals surface area contributed by atoms with E-state index in [0.717, 1.165) is 48.4 Å². The van der Waals surface area contributed by atoms with Gasteiger partial charge in [0.1, 0.15) is 6.04 Å². The number of aryl methyl sites for hydroxylation is 1. The number of carbonyl (C=O) groups is 1. The highest BCUT2D eigenvalue weighted by atomic mass is 16.1. The standard InChI is InChI=1S/C24H28N8O/c1-16-13-26-24(29-20-14-27-32(15-20)21-8-10-31(3)11-9-21)30-22(16)18-4-6-19(7-5-18)23(33)28-17(2)12-25/h4-7,13-15,17,21H,8-11H2,1-3H3,(H,28,33)(H,26,29,30)/t17-/m1/s1. The Hall–Kier alpha value is -3.77. The zero-order valence-corrected chi connectivity index (χ0v) is 19.1. The minimum Gasteiger partial charge on any atom is -0.337 e. The summed E-state index contributed by atoms with van der Waals surface area (Å²) in [6.07, 6.45) is 7.77. The van der Waals surface area contributed by atoms with E-state index in [4.69, 9.17) is 10.2 Å². The van der Waals surface area contributed by atoms with Crippen molar-refractivity contribution in [3.63, 3.8) is 0 Å². The first-order chi connectivity index (χ1) is 15.9. The lowest BCUT2D eigenvalue weighted by Gasteiger charge is -2.28. The molecule has 1 fully saturated rings. The van der Waals surface area contributed by atoms with Crippen LogP contribution in [-0.2, 0) is 0 Å². The van der Waals surface area contributed by atoms with E-state index in [1.54, 1.807) is 31.5 Å². The van der Waals surface area contributed by atoms with E-state index >= 15 is 0 Å². The molecule has 9 heteroatoms. The van der Waals surface area contributed by atoms with Crippen molar-refractivity contribution in [1.29, 1.82) is 5.26 Å². The number of piperidine rings is 1. The fourth-order valence-electron chi connectivity index (χ4n) is 3.88. The molecule has 1 amide bonds. The molecule has 3 heterocycles. The smallest absolute Gasteiger partial charge is 0.252 e. The number of hydrogen-bond acceptors (Lipinski definition) is 7. The number of hydrogen-bond donors (Lipinski definition) is 2. The Morgan fingerprint density at radius 3 is 2.64 bits per heavy atom. The summed E-state index contributed by atoms with van der Waals surface area (Å²) in [5, 5.41) is 19.3. The maximum absolute atomic E-state index is 12.2. The Morgan fingerprint density at radius 2 is 1.94 bits per heavy atom. The van der Waals surface area contributed by atoms with Gasteiger partial charge in [-0.2, -0.15) is 10.4 Å². The quantitative estimate of drug-likeness (QED) is 0.600. The Labute approximate surface area is 193 Å². The van der Waals surface area contributed by atoms with Crippen LogP contribution in [0.4, 0.5) is 11.6 Å². The van der Waals surface area contributed by atoms with Crippen molar-refractivity contribution in [3.8, 4) is 17.3 Å². The molecule has 2 aromatic heterocycles. The van der Waals surface area contributed by atoms with E-state index in [0.29, 0.717) is 17.6 Å². The number of nitriles is 1. The minimum absolute atomic E-state index is 0.279. The highest BCUT2D eigenvalue weighted by molar-refractivity contribution is 5.95. The number of aromatic nitrogens is 4. The van der Waals surface area contributed by atoms with Crippen LogP contribution in [0.1, 0.15) is 41.7 Å². The highest BCUT2D eigenvalue weighted by Crippen LogP contribution is 2.25. The zero-order chi connectivity index (χ0) is 23.4. The predicted molar refractivity (Wildman–Crippen MR) is 126 cm³/mol. The molecule has 33 heavy (non-hydrogen) atoms. The molecule has 1 aromatic carbocycles. The monoisotopic (exact) mass is 444 g/mol. The molecule has 1 aliphatic heterocycles. The molecule has 0 bridgehead atoms. The molecule has 1 aliphatic rings. The van der Waals surface area contributed by atoms with Crippen LogP contribution in [0.5, 0.6) is 0 Å². The van der Waals surface area contributed by atoms with Gasteiger partial charge in [-0.1, -0.05) is 12.1 Å². The largest absolute Gasteiger partial charge is 0.337 e. The summed E-state index contributed by atoms with van der Waals surface area (Å²) in [7, 11) is 2.15. The third-order valence-corrected chi connectivity index (χ3v) is 5.85. The SMILES string of the molecule is Cc1cnc(Nc2cnn(C3CCN(C)CC3)c2)nc1-c1ccc(C(=O)N[C@H](C)C#N)cc1. The lowest BCUT2D eigenvalue weighted by Crippen LogP contribution is -2.31. The second-order valence-corrected chi connectivity index (χ2v) is 8.50. The second kappa shape index (κ2) is 9.79. The molecule has 0 spiro atoms. The van der Waals surface area contributed by atoms with Gasteiger partial charge < -0.3 is 15.5 Å². The first-order valence-corrected chi connectivity index (χ1v) is 11.1. The first-order valence-electron chi connectivity index (χ1n) is 11.1. The predicted octanol–water partition coefficient (Wildman–Crippen LogP) is 3.30. The number of rotatable bonds is 6. The fraction of sp³-hybridized carbons (Fsp3) is 0.375. The molecular weight excluding hydrogens is 416 g/mol. The topological polar surface area (TPSA) is 112 Å². The Morgan fingerprint density at radius 1 is 1.21 bits per heavy atom. The highest BCUT2D eigenvalue weighted by Gasteiger charge is 2.19. The van der Waals surface area contributed by atoms with Gasteiger partial charge in [0.15, 0.2) is 0 Å². The summed E-state index contributed by atoms with van der Waals surface area (Å²) in [6, 6.07) is 9.03. The van der Waals surface area contributed by atoms with Crippen molar-refractivity contribution in [2.45, 2.75) is 38.8 Å². The third-order valence-electron chi connectivity index (χ3n) is 5.85. The summed E-state index contributed by atoms with van der Waals surface area (Å²) in [6.45, 7) is 5.75. The van der Waals surface area contributed by atoms with Crippen molar-refractivity contribution in [3.05, 3.63) is 54.0 Å². The van der Waals surface area contributed by atoms with Crippen LogP contribution in [0, 0.1) is 18.3 Å². The molecule has 2 N–H and O–H groups in total. The summed E-state index contributed by atoms with van der Waals surface area (Å²) in [5.74, 6) is 0.210. The molecule has 4 rings (SSSR count). The summed E-state index contributed by atoms with van der Waals surface area (Å²) >= 11 is 0. The van der Waals surface area contributed by atoms with Crippen molar-refractivity contribution < 1.29 is 4.79 Å². The Kier molecular flexibility index (Phi) is 6.66. The van der Waals surface area contributed by atoms with Crippen LogP contribution < -0.4 is 10.6 Å². The molecule has 1 atom stereocenters. The molecule has 170 valence electrons. The van der Waals surface area contributed by atoms with Crippen molar-refractivity contribution in [2.24, 2.45) is 0 Å². The van der Waals surface area contributed by atoms with Gasteiger partial charge in [0, 0.05) is 23.5 Å². The molecule has 0 aliphatic carbocycles. The van der Waals surface area contributed by atoms with Gasteiger partial charge in [0.2, 0.25) is 5.95 Å². The molecule has 0 unspecified atom stereocenters. The van der Waals surface area contributed by atoms with Crippen LogP contribution in [-0.4, -0.2) is 56.7 Å². The number of nitrogens with zero attached hydrogens (tertiary/aromatic N) is 6. The van der Waals surface area contributed by atoms with Gasteiger partial charge >= 0.3 is 0 Å². The molecule has 1 saturated heterocycles. The molecular formula is C24H28N8O. The molecule has 0 saturated carbocycles. The molecule has 0 radical (unpaired) electrons. The van der Waals surface area contributed by atoms with E-state index in [-0.39, 0.29) is 5.91 Å². The Bertz CT molecular complexity index is 1160. The molecule has 3 aromatic rings. The van der Waals surface area contributed by atoms with Crippen molar-refractivity contribution >= 4 is 17.5 Å². The van der Waals surface area contributed by atoms with Gasteiger partial charge in [-0.25, -0.2) is 9.97 Å². The van der Waals surface area contributed by atoms with Crippen LogP contribution in [0.15, 0.2) is 42.9 Å². The fourth-order valence-corrected chi connectivity index (χ4v) is 3.88. The lowest BCUT2D eigenvalue weighted by molar-refractivity contribution is 0.0948. The minimum atomic E-state index is -0.543. The first kappa shape index (κ1) is 22.4. The van der Waals surface area contributed by atoms with E-state index in [1.807, 2.05) is 36.0 Å². The van der Waals surface area contributed by atoms with Crippen molar-refractivity contribution in [1.82, 2.24) is 30.0 Å². The summed E-state index contributed by atoms with van der Waals surface area (Å²) < 4.78 is 2.03. The van der Waals surface area contributed by atoms with Gasteiger partial charge in [0.25, 0.3) is 5.91 Å². The van der Waals surface area contributed by atoms with E-state index in [1.165, 1.54) is 0 Å². The van der Waals surface area contributed by atoms with Gasteiger partial charge in [-0.3, -0.25) is 9.48 Å². The average molecular weight is 445 g/mol. The van der Waals surface area contributed by atoms with E-state index in [2.05, 4.69) is 32.7 Å². The van der Waals surface area contributed by atoms with Crippen LogP contribution in [0.3, 0.4) is 0 Å². The van der Waals surface area contributed by atoms with Crippen LogP contribution >= 0.6 is 0 Å². The van der Waals surface area contributed by atoms with Crippen LogP contribution in [0.2, 0.25) is 0 Å². The lowest BCUT2D eigenvalue weighted by atomic mass is 10.1. The maximum atomic E-state index is 12.2. The van der Waals surface area contributed by atoms with Crippen LogP contribution in [0.25, 0.3) is 11.3 Å². The number of likely N-dealkylation sites (tertiary alicyclic amines) is 1. The normalized spacial score (nSPS) is 15.6. The van der Waals surface area contributed by atoms with Gasteiger partial charge in [0.05, 0.1) is 29.7 Å². The van der Waals surface area contributed by atoms with E-state index in [9.17, 15) is 4.79 Å². The van der Waals surface area contributed by atoms with Gasteiger partial charge in [-0.15, -0.1) is 0 Å². The summed E-state index contributed by atoms with van der Waals surface area (Å²) in [4.78, 5) is 23.7. The number of amides is 1. The summed E-state index contributed by atoms with van der Waals surface area (Å²) in [5.41, 5.74) is 3.94. The van der Waals surface area contributed by atoms with Crippen molar-refractivity contribution in [2.75, 3.05) is 25.5 Å². The number of carbonyl (C=O) groups excluding carboxylic acids is 1. The zero-order valence-electron chi connectivity index (χ0n) is 19.1. The molecule has 9 nitrogen and oxygen atoms in total. The number of anilines is 2. The van der Waals surface area contributed by atoms with E-state index < -0.39 is 6.04 Å².